The molecule has 1 atom stereocenters. The molecule has 0 N–H and O–H groups in total. The van der Waals surface area contributed by atoms with Crippen LogP contribution in [0.5, 0.6) is 5.75 Å². The molecular weight excluding hydrogens is 350 g/mol. The zero-order valence-corrected chi connectivity index (χ0v) is 15.5. The van der Waals surface area contributed by atoms with Crippen LogP contribution in [0.3, 0.4) is 0 Å². The average Bonchev–Trinajstić information content (AvgIpc) is 2.57. The van der Waals surface area contributed by atoms with E-state index in [1.165, 1.54) is 49.7 Å². The van der Waals surface area contributed by atoms with Gasteiger partial charge in [-0.1, -0.05) is 37.3 Å². The molecule has 1 fully saturated rings. The van der Waals surface area contributed by atoms with Crippen LogP contribution in [0.2, 0.25) is 0 Å². The molecule has 124 valence electrons. The third-order valence-corrected chi connectivity index (χ3v) is 5.51. The van der Waals surface area contributed by atoms with Crippen molar-refractivity contribution in [3.05, 3.63) is 40.9 Å². The molecule has 0 aromatic heterocycles. The van der Waals surface area contributed by atoms with Gasteiger partial charge in [0.2, 0.25) is 0 Å². The molecule has 0 aliphatic carbocycles. The molecule has 2 aromatic carbocycles. The normalized spacial score (nSPS) is 19.1. The van der Waals surface area contributed by atoms with Crippen LogP contribution in [0.15, 0.2) is 40.9 Å². The molecule has 0 saturated carbocycles. The Balaban J connectivity index is 1.45. The van der Waals surface area contributed by atoms with Gasteiger partial charge < -0.3 is 9.64 Å². The Morgan fingerprint density at radius 2 is 2.04 bits per heavy atom. The SMILES string of the molecule is CC1CCCN(CCCCOc2ccc3ccccc3c2Br)C1. The highest BCUT2D eigenvalue weighted by Gasteiger charge is 2.15. The second-order valence-electron chi connectivity index (χ2n) is 6.70. The first-order valence-corrected chi connectivity index (χ1v) is 9.56. The number of hydrogen-bond donors (Lipinski definition) is 0. The summed E-state index contributed by atoms with van der Waals surface area (Å²) < 4.78 is 7.06. The van der Waals surface area contributed by atoms with E-state index in [-0.39, 0.29) is 0 Å². The van der Waals surface area contributed by atoms with Gasteiger partial charge in [0.1, 0.15) is 5.75 Å². The Bertz CT molecular complexity index is 643. The standard InChI is InChI=1S/C20H26BrNO/c1-16-7-6-13-22(15-16)12-4-5-14-23-19-11-10-17-8-2-3-9-18(17)20(19)21/h2-3,8-11,16H,4-7,12-15H2,1H3. The van der Waals surface area contributed by atoms with Crippen molar-refractivity contribution in [2.24, 2.45) is 5.92 Å². The van der Waals surface area contributed by atoms with Crippen LogP contribution in [0.1, 0.15) is 32.6 Å². The Morgan fingerprint density at radius 3 is 2.91 bits per heavy atom. The molecule has 23 heavy (non-hydrogen) atoms. The largest absolute Gasteiger partial charge is 0.492 e. The Hall–Kier alpha value is -1.06. The molecule has 1 aliphatic rings. The lowest BCUT2D eigenvalue weighted by molar-refractivity contribution is 0.177. The summed E-state index contributed by atoms with van der Waals surface area (Å²) in [7, 11) is 0. The minimum atomic E-state index is 0.792. The fourth-order valence-corrected chi connectivity index (χ4v) is 4.04. The van der Waals surface area contributed by atoms with Gasteiger partial charge in [-0.05, 0) is 77.5 Å². The number of piperidine rings is 1. The van der Waals surface area contributed by atoms with E-state index in [2.05, 4.69) is 64.2 Å². The Morgan fingerprint density at radius 1 is 1.17 bits per heavy atom. The smallest absolute Gasteiger partial charge is 0.134 e. The lowest BCUT2D eigenvalue weighted by atomic mass is 10.0. The van der Waals surface area contributed by atoms with E-state index in [1.54, 1.807) is 0 Å². The van der Waals surface area contributed by atoms with Crippen molar-refractivity contribution < 1.29 is 4.74 Å². The first kappa shape index (κ1) is 16.8. The maximum Gasteiger partial charge on any atom is 0.134 e. The van der Waals surface area contributed by atoms with Crippen LogP contribution in [0.25, 0.3) is 10.8 Å². The van der Waals surface area contributed by atoms with Crippen molar-refractivity contribution >= 4 is 26.7 Å². The average molecular weight is 376 g/mol. The highest BCUT2D eigenvalue weighted by atomic mass is 79.9. The van der Waals surface area contributed by atoms with Crippen molar-refractivity contribution in [2.75, 3.05) is 26.2 Å². The van der Waals surface area contributed by atoms with Crippen LogP contribution in [0.4, 0.5) is 0 Å². The quantitative estimate of drug-likeness (QED) is 0.618. The van der Waals surface area contributed by atoms with Gasteiger partial charge in [-0.15, -0.1) is 0 Å². The molecule has 3 heteroatoms. The number of hydrogen-bond acceptors (Lipinski definition) is 2. The van der Waals surface area contributed by atoms with Gasteiger partial charge in [0.15, 0.2) is 0 Å². The molecule has 1 saturated heterocycles. The lowest BCUT2D eigenvalue weighted by Crippen LogP contribution is -2.35. The second-order valence-corrected chi connectivity index (χ2v) is 7.50. The summed E-state index contributed by atoms with van der Waals surface area (Å²) in [5.41, 5.74) is 0. The van der Waals surface area contributed by atoms with Crippen molar-refractivity contribution in [2.45, 2.75) is 32.6 Å². The van der Waals surface area contributed by atoms with Crippen molar-refractivity contribution in [3.63, 3.8) is 0 Å². The summed E-state index contributed by atoms with van der Waals surface area (Å²) in [5.74, 6) is 1.82. The molecule has 3 rings (SSSR count). The number of unbranched alkanes of at least 4 members (excludes halogenated alkanes) is 1. The fraction of sp³-hybridized carbons (Fsp3) is 0.500. The first-order chi connectivity index (χ1) is 11.2. The van der Waals surface area contributed by atoms with Gasteiger partial charge in [-0.3, -0.25) is 0 Å². The number of ether oxygens (including phenoxy) is 1. The topological polar surface area (TPSA) is 12.5 Å². The highest BCUT2D eigenvalue weighted by Crippen LogP contribution is 2.33. The predicted molar refractivity (Wildman–Crippen MR) is 101 cm³/mol. The summed E-state index contributed by atoms with van der Waals surface area (Å²) in [6.07, 6.45) is 5.10. The fourth-order valence-electron chi connectivity index (χ4n) is 3.43. The number of fused-ring (bicyclic) bond motifs is 1. The van der Waals surface area contributed by atoms with Crippen LogP contribution in [-0.4, -0.2) is 31.1 Å². The molecule has 2 aromatic rings. The number of nitrogens with zero attached hydrogens (tertiary/aromatic N) is 1. The predicted octanol–water partition coefficient (Wildman–Crippen LogP) is 5.49. The molecule has 1 heterocycles. The van der Waals surface area contributed by atoms with Crippen LogP contribution in [-0.2, 0) is 0 Å². The van der Waals surface area contributed by atoms with Crippen molar-refractivity contribution in [1.82, 2.24) is 4.90 Å². The molecule has 2 nitrogen and oxygen atoms in total. The third-order valence-electron chi connectivity index (χ3n) is 4.70. The number of halogens is 1. The van der Waals surface area contributed by atoms with Gasteiger partial charge >= 0.3 is 0 Å². The molecule has 0 radical (unpaired) electrons. The van der Waals surface area contributed by atoms with E-state index in [0.717, 1.165) is 29.2 Å². The van der Waals surface area contributed by atoms with E-state index in [0.29, 0.717) is 0 Å². The molecule has 1 aliphatic heterocycles. The number of benzene rings is 2. The van der Waals surface area contributed by atoms with Crippen molar-refractivity contribution in [1.29, 1.82) is 0 Å². The van der Waals surface area contributed by atoms with Gasteiger partial charge in [0.05, 0.1) is 11.1 Å². The summed E-state index contributed by atoms with van der Waals surface area (Å²) in [6, 6.07) is 12.6. The lowest BCUT2D eigenvalue weighted by Gasteiger charge is -2.30. The highest BCUT2D eigenvalue weighted by molar-refractivity contribution is 9.10. The second kappa shape index (κ2) is 8.16. The zero-order valence-electron chi connectivity index (χ0n) is 13.9. The molecule has 0 amide bonds. The maximum absolute atomic E-state index is 5.99. The van der Waals surface area contributed by atoms with Crippen molar-refractivity contribution in [3.8, 4) is 5.75 Å². The van der Waals surface area contributed by atoms with E-state index in [9.17, 15) is 0 Å². The van der Waals surface area contributed by atoms with Gasteiger partial charge in [-0.2, -0.15) is 0 Å². The molecule has 0 spiro atoms. The minimum absolute atomic E-state index is 0.792. The number of rotatable bonds is 6. The van der Waals surface area contributed by atoms with Gasteiger partial charge in [0, 0.05) is 6.54 Å². The Kier molecular flexibility index (Phi) is 5.96. The van der Waals surface area contributed by atoms with E-state index in [1.807, 2.05) is 0 Å². The minimum Gasteiger partial charge on any atom is -0.492 e. The van der Waals surface area contributed by atoms with Crippen LogP contribution >= 0.6 is 15.9 Å². The molecular formula is C20H26BrNO. The summed E-state index contributed by atoms with van der Waals surface area (Å²) in [4.78, 5) is 2.61. The number of likely N-dealkylation sites (tertiary alicyclic amines) is 1. The van der Waals surface area contributed by atoms with Crippen LogP contribution < -0.4 is 4.74 Å². The van der Waals surface area contributed by atoms with Crippen LogP contribution in [0, 0.1) is 5.92 Å². The maximum atomic E-state index is 5.99. The first-order valence-electron chi connectivity index (χ1n) is 8.76. The summed E-state index contributed by atoms with van der Waals surface area (Å²) in [5, 5.41) is 2.46. The Labute approximate surface area is 147 Å². The van der Waals surface area contributed by atoms with Gasteiger partial charge in [-0.25, -0.2) is 0 Å². The molecule has 1 unspecified atom stereocenters. The van der Waals surface area contributed by atoms with E-state index in [4.69, 9.17) is 4.74 Å². The van der Waals surface area contributed by atoms with E-state index < -0.39 is 0 Å². The summed E-state index contributed by atoms with van der Waals surface area (Å²) in [6.45, 7) is 6.93. The van der Waals surface area contributed by atoms with E-state index >= 15 is 0 Å². The summed E-state index contributed by atoms with van der Waals surface area (Å²) >= 11 is 3.69. The molecule has 0 bridgehead atoms. The third kappa shape index (κ3) is 4.48. The monoisotopic (exact) mass is 375 g/mol. The zero-order chi connectivity index (χ0) is 16.1. The van der Waals surface area contributed by atoms with Gasteiger partial charge in [0.25, 0.3) is 0 Å².